The summed E-state index contributed by atoms with van der Waals surface area (Å²) in [5.74, 6) is 0.720. The van der Waals surface area contributed by atoms with E-state index in [1.54, 1.807) is 13.2 Å². The summed E-state index contributed by atoms with van der Waals surface area (Å²) in [6.45, 7) is 2.25. The molecule has 0 bridgehead atoms. The van der Waals surface area contributed by atoms with Gasteiger partial charge in [0.2, 0.25) is 5.91 Å². The van der Waals surface area contributed by atoms with Crippen LogP contribution in [0.2, 0.25) is 0 Å². The van der Waals surface area contributed by atoms with Crippen LogP contribution < -0.4 is 5.32 Å². The minimum Gasteiger partial charge on any atom is -0.468 e. The van der Waals surface area contributed by atoms with Gasteiger partial charge in [0.15, 0.2) is 0 Å². The Morgan fingerprint density at radius 3 is 2.90 bits per heavy atom. The summed E-state index contributed by atoms with van der Waals surface area (Å²) in [4.78, 5) is 17.9. The molecular weight excluding hydrogens is 258 g/mol. The van der Waals surface area contributed by atoms with Crippen LogP contribution in [0.1, 0.15) is 24.8 Å². The molecule has 1 amide bonds. The molecule has 2 aromatic heterocycles. The summed E-state index contributed by atoms with van der Waals surface area (Å²) >= 11 is 0. The fraction of sp³-hybridized carbons (Fsp3) is 0.462. The second-order valence-electron chi connectivity index (χ2n) is 4.79. The Balaban J connectivity index is 1.94. The van der Waals surface area contributed by atoms with E-state index in [1.165, 1.54) is 17.3 Å². The zero-order chi connectivity index (χ0) is 14.5. The summed E-state index contributed by atoms with van der Waals surface area (Å²) in [7, 11) is 3.89. The van der Waals surface area contributed by atoms with Gasteiger partial charge in [-0.15, -0.1) is 0 Å². The largest absolute Gasteiger partial charge is 0.468 e. The number of carbonyl (C=O) groups is 1. The Hall–Kier alpha value is -2.15. The number of nitrogens with one attached hydrogen (secondary N) is 1. The van der Waals surface area contributed by atoms with Gasteiger partial charge < -0.3 is 9.73 Å². The molecule has 0 spiro atoms. The van der Waals surface area contributed by atoms with Gasteiger partial charge in [-0.2, -0.15) is 5.10 Å². The van der Waals surface area contributed by atoms with Gasteiger partial charge in [-0.25, -0.2) is 9.67 Å². The Morgan fingerprint density at radius 2 is 2.35 bits per heavy atom. The summed E-state index contributed by atoms with van der Waals surface area (Å²) in [5, 5.41) is 6.88. The van der Waals surface area contributed by atoms with Crippen LogP contribution in [-0.4, -0.2) is 46.2 Å². The summed E-state index contributed by atoms with van der Waals surface area (Å²) < 4.78 is 6.92. The molecule has 2 atom stereocenters. The number of furan rings is 1. The molecular formula is C13H19N5O2. The van der Waals surface area contributed by atoms with Crippen molar-refractivity contribution in [2.45, 2.75) is 19.0 Å². The van der Waals surface area contributed by atoms with E-state index in [-0.39, 0.29) is 11.9 Å². The highest BCUT2D eigenvalue weighted by Gasteiger charge is 2.20. The maximum atomic E-state index is 12.1. The molecule has 0 saturated carbocycles. The molecule has 7 heteroatoms. The average Bonchev–Trinajstić information content (AvgIpc) is 3.10. The van der Waals surface area contributed by atoms with E-state index >= 15 is 0 Å². The number of hydrogen-bond acceptors (Lipinski definition) is 5. The Kier molecular flexibility index (Phi) is 4.52. The topological polar surface area (TPSA) is 76.2 Å². The third kappa shape index (κ3) is 3.24. The van der Waals surface area contributed by atoms with Crippen molar-refractivity contribution >= 4 is 5.91 Å². The highest BCUT2D eigenvalue weighted by molar-refractivity contribution is 5.79. The van der Waals surface area contributed by atoms with E-state index in [4.69, 9.17) is 4.42 Å². The molecule has 0 aromatic carbocycles. The van der Waals surface area contributed by atoms with Gasteiger partial charge in [0.05, 0.1) is 12.3 Å². The standard InChI is InChI=1S/C13H19N5O2/c1-10(18-9-14-8-16-18)13(19)15-7-11(17(2)3)12-5-4-6-20-12/h4-6,8-11H,7H2,1-3H3,(H,15,19). The van der Waals surface area contributed by atoms with E-state index in [0.29, 0.717) is 6.54 Å². The van der Waals surface area contributed by atoms with Gasteiger partial charge in [-0.3, -0.25) is 9.69 Å². The van der Waals surface area contributed by atoms with Crippen LogP contribution in [0.5, 0.6) is 0 Å². The lowest BCUT2D eigenvalue weighted by Gasteiger charge is -2.23. The van der Waals surface area contributed by atoms with Crippen LogP contribution in [0.4, 0.5) is 0 Å². The van der Waals surface area contributed by atoms with Crippen molar-refractivity contribution in [1.82, 2.24) is 25.0 Å². The molecule has 0 saturated heterocycles. The first kappa shape index (κ1) is 14.3. The maximum absolute atomic E-state index is 12.1. The summed E-state index contributed by atoms with van der Waals surface area (Å²) in [6, 6.07) is 3.34. The highest BCUT2D eigenvalue weighted by Crippen LogP contribution is 2.17. The number of likely N-dealkylation sites (N-methyl/N-ethyl adjacent to an activating group) is 1. The van der Waals surface area contributed by atoms with Crippen LogP contribution in [0.25, 0.3) is 0 Å². The van der Waals surface area contributed by atoms with Crippen molar-refractivity contribution in [1.29, 1.82) is 0 Å². The smallest absolute Gasteiger partial charge is 0.244 e. The van der Waals surface area contributed by atoms with Crippen LogP contribution >= 0.6 is 0 Å². The quantitative estimate of drug-likeness (QED) is 0.847. The molecule has 0 aliphatic carbocycles. The number of aromatic nitrogens is 3. The second kappa shape index (κ2) is 6.33. The predicted molar refractivity (Wildman–Crippen MR) is 72.9 cm³/mol. The van der Waals surface area contributed by atoms with Crippen molar-refractivity contribution in [3.8, 4) is 0 Å². The Bertz CT molecular complexity index is 521. The normalized spacial score (nSPS) is 14.2. The van der Waals surface area contributed by atoms with Gasteiger partial charge in [-0.1, -0.05) is 0 Å². The van der Waals surface area contributed by atoms with Crippen LogP contribution in [-0.2, 0) is 4.79 Å². The van der Waals surface area contributed by atoms with Crippen molar-refractivity contribution in [2.24, 2.45) is 0 Å². The van der Waals surface area contributed by atoms with Crippen molar-refractivity contribution in [3.63, 3.8) is 0 Å². The molecule has 0 aliphatic rings. The fourth-order valence-corrected chi connectivity index (χ4v) is 1.90. The first-order valence-electron chi connectivity index (χ1n) is 6.41. The number of carbonyl (C=O) groups excluding carboxylic acids is 1. The Labute approximate surface area is 117 Å². The van der Waals surface area contributed by atoms with E-state index in [9.17, 15) is 4.79 Å². The zero-order valence-corrected chi connectivity index (χ0v) is 11.9. The second-order valence-corrected chi connectivity index (χ2v) is 4.79. The van der Waals surface area contributed by atoms with Crippen molar-refractivity contribution in [3.05, 3.63) is 36.8 Å². The predicted octanol–water partition coefficient (Wildman–Crippen LogP) is 0.851. The highest BCUT2D eigenvalue weighted by atomic mass is 16.3. The van der Waals surface area contributed by atoms with Gasteiger partial charge in [0.1, 0.15) is 24.5 Å². The van der Waals surface area contributed by atoms with E-state index < -0.39 is 6.04 Å². The van der Waals surface area contributed by atoms with Crippen LogP contribution in [0, 0.1) is 0 Å². The SMILES string of the molecule is CC(C(=O)NCC(c1ccco1)N(C)C)n1cncn1. The monoisotopic (exact) mass is 277 g/mol. The molecule has 1 N–H and O–H groups in total. The molecule has 0 radical (unpaired) electrons. The molecule has 20 heavy (non-hydrogen) atoms. The van der Waals surface area contributed by atoms with Crippen molar-refractivity contribution < 1.29 is 9.21 Å². The van der Waals surface area contributed by atoms with Gasteiger partial charge in [0, 0.05) is 6.54 Å². The van der Waals surface area contributed by atoms with E-state index in [0.717, 1.165) is 5.76 Å². The Morgan fingerprint density at radius 1 is 1.55 bits per heavy atom. The minimum atomic E-state index is -0.392. The first-order chi connectivity index (χ1) is 9.59. The summed E-state index contributed by atoms with van der Waals surface area (Å²) in [6.07, 6.45) is 4.57. The molecule has 108 valence electrons. The number of nitrogens with zero attached hydrogens (tertiary/aromatic N) is 4. The molecule has 2 aromatic rings. The molecule has 7 nitrogen and oxygen atoms in total. The first-order valence-corrected chi connectivity index (χ1v) is 6.41. The van der Waals surface area contributed by atoms with Crippen LogP contribution in [0.15, 0.2) is 35.5 Å². The van der Waals surface area contributed by atoms with Gasteiger partial charge in [-0.05, 0) is 33.2 Å². The summed E-state index contributed by atoms with van der Waals surface area (Å²) in [5.41, 5.74) is 0. The van der Waals surface area contributed by atoms with Crippen molar-refractivity contribution in [2.75, 3.05) is 20.6 Å². The average molecular weight is 277 g/mol. The van der Waals surface area contributed by atoms with E-state index in [1.807, 2.05) is 31.1 Å². The van der Waals surface area contributed by atoms with Crippen LogP contribution in [0.3, 0.4) is 0 Å². The molecule has 2 rings (SSSR count). The van der Waals surface area contributed by atoms with Gasteiger partial charge >= 0.3 is 0 Å². The lowest BCUT2D eigenvalue weighted by Crippen LogP contribution is -2.37. The number of amides is 1. The lowest BCUT2D eigenvalue weighted by atomic mass is 10.2. The fourth-order valence-electron chi connectivity index (χ4n) is 1.90. The minimum absolute atomic E-state index is 0.00287. The zero-order valence-electron chi connectivity index (χ0n) is 11.9. The lowest BCUT2D eigenvalue weighted by molar-refractivity contribution is -0.124. The van der Waals surface area contributed by atoms with Gasteiger partial charge in [0.25, 0.3) is 0 Å². The third-order valence-electron chi connectivity index (χ3n) is 3.18. The third-order valence-corrected chi connectivity index (χ3v) is 3.18. The number of hydrogen-bond donors (Lipinski definition) is 1. The van der Waals surface area contributed by atoms with E-state index in [2.05, 4.69) is 15.4 Å². The maximum Gasteiger partial charge on any atom is 0.244 e. The molecule has 0 fully saturated rings. The number of rotatable bonds is 6. The molecule has 2 heterocycles. The molecule has 2 unspecified atom stereocenters. The molecule has 0 aliphatic heterocycles.